The van der Waals surface area contributed by atoms with Gasteiger partial charge in [0.05, 0.1) is 6.61 Å². The number of hydrogen-bond donors (Lipinski definition) is 0. The van der Waals surface area contributed by atoms with Crippen LogP contribution in [0.25, 0.3) is 0 Å². The van der Waals surface area contributed by atoms with Crippen molar-refractivity contribution in [2.75, 3.05) is 13.2 Å². The smallest absolute Gasteiger partial charge is 0.344 e. The molecule has 0 radical (unpaired) electrons. The fourth-order valence-electron chi connectivity index (χ4n) is 0.682. The lowest BCUT2D eigenvalue weighted by Gasteiger charge is -2.02. The molecule has 4 nitrogen and oxygen atoms in total. The van der Waals surface area contributed by atoms with Crippen molar-refractivity contribution in [1.82, 2.24) is 0 Å². The molecule has 0 rings (SSSR count). The summed E-state index contributed by atoms with van der Waals surface area (Å²) >= 11 is 0. The van der Waals surface area contributed by atoms with Crippen molar-refractivity contribution in [3.8, 4) is 0 Å². The number of carbonyl (C=O) groups is 2. The average Bonchev–Trinajstić information content (AvgIpc) is 2.09. The Labute approximate surface area is 71.8 Å². The van der Waals surface area contributed by atoms with Gasteiger partial charge in [-0.05, 0) is 6.42 Å². The van der Waals surface area contributed by atoms with Crippen molar-refractivity contribution in [3.63, 3.8) is 0 Å². The maximum atomic E-state index is 10.7. The Morgan fingerprint density at radius 1 is 1.42 bits per heavy atom. The molecule has 0 aliphatic rings. The lowest BCUT2D eigenvalue weighted by Crippen LogP contribution is -2.12. The molecular weight excluding hydrogens is 160 g/mol. The molecule has 0 heterocycles. The maximum Gasteiger partial charge on any atom is 0.344 e. The SMILES string of the molecule is CCCCCOC(=O)COC=O. The number of carbonyl (C=O) groups excluding carboxylic acids is 2. The largest absolute Gasteiger partial charge is 0.463 e. The zero-order valence-electron chi connectivity index (χ0n) is 7.25. The van der Waals surface area contributed by atoms with Gasteiger partial charge in [-0.3, -0.25) is 4.79 Å². The van der Waals surface area contributed by atoms with Gasteiger partial charge in [0, 0.05) is 0 Å². The Kier molecular flexibility index (Phi) is 7.33. The third-order valence-corrected chi connectivity index (χ3v) is 1.28. The first-order valence-corrected chi connectivity index (χ1v) is 4.02. The third kappa shape index (κ3) is 7.05. The molecule has 0 unspecified atom stereocenters. The summed E-state index contributed by atoms with van der Waals surface area (Å²) in [5.41, 5.74) is 0. The van der Waals surface area contributed by atoms with Crippen LogP contribution in [0.15, 0.2) is 0 Å². The van der Waals surface area contributed by atoms with Gasteiger partial charge in [-0.15, -0.1) is 0 Å². The van der Waals surface area contributed by atoms with Crippen LogP contribution >= 0.6 is 0 Å². The highest BCUT2D eigenvalue weighted by Gasteiger charge is 2.00. The zero-order valence-corrected chi connectivity index (χ0v) is 7.25. The normalized spacial score (nSPS) is 9.08. The van der Waals surface area contributed by atoms with Crippen molar-refractivity contribution >= 4 is 12.4 Å². The van der Waals surface area contributed by atoms with Gasteiger partial charge in [0.1, 0.15) is 0 Å². The molecule has 0 aromatic carbocycles. The highest BCUT2D eigenvalue weighted by Crippen LogP contribution is 1.94. The first kappa shape index (κ1) is 10.9. The van der Waals surface area contributed by atoms with E-state index < -0.39 is 5.97 Å². The zero-order chi connectivity index (χ0) is 9.23. The summed E-state index contributed by atoms with van der Waals surface area (Å²) in [7, 11) is 0. The summed E-state index contributed by atoms with van der Waals surface area (Å²) in [6, 6.07) is 0. The van der Waals surface area contributed by atoms with Crippen molar-refractivity contribution in [2.45, 2.75) is 26.2 Å². The molecule has 0 fully saturated rings. The van der Waals surface area contributed by atoms with Crippen LogP contribution < -0.4 is 0 Å². The van der Waals surface area contributed by atoms with Crippen LogP contribution in [-0.4, -0.2) is 25.7 Å². The van der Waals surface area contributed by atoms with Crippen LogP contribution in [0.4, 0.5) is 0 Å². The van der Waals surface area contributed by atoms with E-state index in [2.05, 4.69) is 11.7 Å². The van der Waals surface area contributed by atoms with Crippen LogP contribution in [0.1, 0.15) is 26.2 Å². The van der Waals surface area contributed by atoms with Crippen LogP contribution in [0, 0.1) is 0 Å². The van der Waals surface area contributed by atoms with E-state index in [0.717, 1.165) is 19.3 Å². The summed E-state index contributed by atoms with van der Waals surface area (Å²) in [5, 5.41) is 0. The van der Waals surface area contributed by atoms with Crippen molar-refractivity contribution in [2.24, 2.45) is 0 Å². The van der Waals surface area contributed by atoms with E-state index in [1.165, 1.54) is 0 Å². The van der Waals surface area contributed by atoms with Gasteiger partial charge in [0.2, 0.25) is 0 Å². The molecule has 70 valence electrons. The summed E-state index contributed by atoms with van der Waals surface area (Å²) in [4.78, 5) is 20.3. The van der Waals surface area contributed by atoms with E-state index in [-0.39, 0.29) is 13.1 Å². The monoisotopic (exact) mass is 174 g/mol. The minimum absolute atomic E-state index is 0.229. The molecular formula is C8H14O4. The molecule has 0 N–H and O–H groups in total. The van der Waals surface area contributed by atoms with Gasteiger partial charge in [0.25, 0.3) is 6.47 Å². The second kappa shape index (κ2) is 8.04. The van der Waals surface area contributed by atoms with Crippen molar-refractivity contribution < 1.29 is 19.1 Å². The number of rotatable bonds is 7. The average molecular weight is 174 g/mol. The van der Waals surface area contributed by atoms with E-state index in [9.17, 15) is 9.59 Å². The van der Waals surface area contributed by atoms with Crippen LogP contribution in [0.3, 0.4) is 0 Å². The third-order valence-electron chi connectivity index (χ3n) is 1.28. The van der Waals surface area contributed by atoms with Crippen molar-refractivity contribution in [3.05, 3.63) is 0 Å². The topological polar surface area (TPSA) is 52.6 Å². The number of ether oxygens (including phenoxy) is 2. The summed E-state index contributed by atoms with van der Waals surface area (Å²) in [6.45, 7) is 2.43. The second-order valence-corrected chi connectivity index (χ2v) is 2.33. The molecule has 0 saturated heterocycles. The van der Waals surface area contributed by atoms with E-state index in [4.69, 9.17) is 4.74 Å². The molecule has 4 heteroatoms. The van der Waals surface area contributed by atoms with E-state index in [1.807, 2.05) is 0 Å². The predicted molar refractivity (Wildman–Crippen MR) is 42.5 cm³/mol. The van der Waals surface area contributed by atoms with E-state index >= 15 is 0 Å². The Morgan fingerprint density at radius 3 is 2.75 bits per heavy atom. The molecule has 0 aliphatic carbocycles. The van der Waals surface area contributed by atoms with Crippen molar-refractivity contribution in [1.29, 1.82) is 0 Å². The van der Waals surface area contributed by atoms with Gasteiger partial charge < -0.3 is 9.47 Å². The Morgan fingerprint density at radius 2 is 2.17 bits per heavy atom. The molecule has 0 aliphatic heterocycles. The summed E-state index contributed by atoms with van der Waals surface area (Å²) in [6.07, 6.45) is 2.99. The molecule has 0 saturated carbocycles. The van der Waals surface area contributed by atoms with Crippen LogP contribution in [-0.2, 0) is 19.1 Å². The Bertz CT molecular complexity index is 133. The standard InChI is InChI=1S/C8H14O4/c1-2-3-4-5-12-8(10)6-11-7-9/h7H,2-6H2,1H3. The van der Waals surface area contributed by atoms with Crippen LogP contribution in [0.2, 0.25) is 0 Å². The number of hydrogen-bond acceptors (Lipinski definition) is 4. The number of esters is 1. The molecule has 12 heavy (non-hydrogen) atoms. The maximum absolute atomic E-state index is 10.7. The highest BCUT2D eigenvalue weighted by molar-refractivity contribution is 5.71. The quantitative estimate of drug-likeness (QED) is 0.327. The predicted octanol–water partition coefficient (Wildman–Crippen LogP) is 0.893. The fraction of sp³-hybridized carbons (Fsp3) is 0.750. The lowest BCUT2D eigenvalue weighted by molar-refractivity contribution is -0.153. The Hall–Kier alpha value is -1.06. The van der Waals surface area contributed by atoms with E-state index in [0.29, 0.717) is 6.61 Å². The van der Waals surface area contributed by atoms with Gasteiger partial charge in [-0.1, -0.05) is 19.8 Å². The summed E-state index contributed by atoms with van der Waals surface area (Å²) in [5.74, 6) is -0.488. The van der Waals surface area contributed by atoms with Gasteiger partial charge in [0.15, 0.2) is 6.61 Å². The molecule has 0 spiro atoms. The van der Waals surface area contributed by atoms with E-state index in [1.54, 1.807) is 0 Å². The first-order chi connectivity index (χ1) is 5.81. The van der Waals surface area contributed by atoms with Gasteiger partial charge in [-0.25, -0.2) is 4.79 Å². The number of unbranched alkanes of at least 4 members (excludes halogenated alkanes) is 2. The summed E-state index contributed by atoms with van der Waals surface area (Å²) < 4.78 is 8.92. The molecule has 0 aromatic rings. The Balaban J connectivity index is 3.13. The molecule has 0 bridgehead atoms. The van der Waals surface area contributed by atoms with Crippen LogP contribution in [0.5, 0.6) is 0 Å². The lowest BCUT2D eigenvalue weighted by atomic mass is 10.3. The molecule has 0 amide bonds. The molecule has 0 aromatic heterocycles. The molecule has 0 atom stereocenters. The van der Waals surface area contributed by atoms with Gasteiger partial charge >= 0.3 is 5.97 Å². The van der Waals surface area contributed by atoms with Gasteiger partial charge in [-0.2, -0.15) is 0 Å². The fourth-order valence-corrected chi connectivity index (χ4v) is 0.682. The highest BCUT2D eigenvalue weighted by atomic mass is 16.6. The minimum Gasteiger partial charge on any atom is -0.463 e. The first-order valence-electron chi connectivity index (χ1n) is 4.02. The minimum atomic E-state index is -0.488. The second-order valence-electron chi connectivity index (χ2n) is 2.33.